The van der Waals surface area contributed by atoms with Crippen LogP contribution in [0.15, 0.2) is 0 Å². The number of carbonyl (C=O) groups is 1. The molecule has 2 heterocycles. The van der Waals surface area contributed by atoms with Crippen molar-refractivity contribution in [3.05, 3.63) is 5.82 Å². The molecular formula is C14H21N5O3. The topological polar surface area (TPSA) is 89.5 Å². The van der Waals surface area contributed by atoms with E-state index in [1.807, 2.05) is 4.90 Å². The van der Waals surface area contributed by atoms with Crippen LogP contribution in [0.2, 0.25) is 0 Å². The van der Waals surface area contributed by atoms with E-state index >= 15 is 0 Å². The zero-order valence-electron chi connectivity index (χ0n) is 12.7. The minimum Gasteiger partial charge on any atom is -0.467 e. The molecule has 1 aliphatic heterocycles. The normalized spacial score (nSPS) is 18.7. The van der Waals surface area contributed by atoms with Crippen LogP contribution < -0.4 is 15.0 Å². The van der Waals surface area contributed by atoms with Gasteiger partial charge in [-0.1, -0.05) is 6.42 Å². The molecule has 8 nitrogen and oxygen atoms in total. The van der Waals surface area contributed by atoms with E-state index in [1.165, 1.54) is 7.11 Å². The van der Waals surface area contributed by atoms with Crippen molar-refractivity contribution in [1.29, 1.82) is 0 Å². The smallest absolute Gasteiger partial charge is 0.321 e. The number of morpholine rings is 1. The minimum absolute atomic E-state index is 0.0820. The Hall–Kier alpha value is -1.96. The van der Waals surface area contributed by atoms with E-state index in [0.717, 1.165) is 32.4 Å². The average Bonchev–Trinajstić information content (AvgIpc) is 2.52. The summed E-state index contributed by atoms with van der Waals surface area (Å²) in [6, 6.07) is 0.268. The van der Waals surface area contributed by atoms with Crippen LogP contribution in [-0.2, 0) is 16.1 Å². The monoisotopic (exact) mass is 307 g/mol. The number of carbonyl (C=O) groups excluding carboxylic acids is 1. The van der Waals surface area contributed by atoms with E-state index in [9.17, 15) is 4.79 Å². The van der Waals surface area contributed by atoms with Gasteiger partial charge in [-0.05, 0) is 12.8 Å². The maximum absolute atomic E-state index is 11.9. The second-order valence-corrected chi connectivity index (χ2v) is 5.48. The Kier molecular flexibility index (Phi) is 4.67. The van der Waals surface area contributed by atoms with Gasteiger partial charge in [-0.3, -0.25) is 4.79 Å². The largest absolute Gasteiger partial charge is 0.467 e. The van der Waals surface area contributed by atoms with Gasteiger partial charge in [0, 0.05) is 19.0 Å². The van der Waals surface area contributed by atoms with Crippen LogP contribution in [-0.4, -0.2) is 54.3 Å². The van der Waals surface area contributed by atoms with Gasteiger partial charge in [0.1, 0.15) is 0 Å². The minimum atomic E-state index is 0.0820. The first-order valence-corrected chi connectivity index (χ1v) is 7.65. The average molecular weight is 307 g/mol. The highest BCUT2D eigenvalue weighted by Crippen LogP contribution is 2.26. The summed E-state index contributed by atoms with van der Waals surface area (Å²) in [7, 11) is 1.52. The Morgan fingerprint density at radius 1 is 1.32 bits per heavy atom. The maximum Gasteiger partial charge on any atom is 0.321 e. The zero-order valence-corrected chi connectivity index (χ0v) is 12.7. The van der Waals surface area contributed by atoms with Crippen molar-refractivity contribution in [2.75, 3.05) is 38.3 Å². The summed E-state index contributed by atoms with van der Waals surface area (Å²) in [6.07, 6.45) is 3.09. The number of rotatable bonds is 5. The van der Waals surface area contributed by atoms with Crippen LogP contribution >= 0.6 is 0 Å². The molecule has 0 aromatic carbocycles. The highest BCUT2D eigenvalue weighted by atomic mass is 16.5. The van der Waals surface area contributed by atoms with E-state index in [1.54, 1.807) is 0 Å². The molecule has 8 heteroatoms. The van der Waals surface area contributed by atoms with Crippen molar-refractivity contribution in [2.24, 2.45) is 5.92 Å². The fraction of sp³-hybridized carbons (Fsp3) is 0.714. The van der Waals surface area contributed by atoms with Gasteiger partial charge < -0.3 is 19.7 Å². The van der Waals surface area contributed by atoms with Crippen molar-refractivity contribution in [2.45, 2.75) is 25.8 Å². The van der Waals surface area contributed by atoms with Gasteiger partial charge in [0.15, 0.2) is 5.82 Å². The standard InChI is InChI=1S/C14H21N5O3/c1-21-14-17-11(9-15-12(20)10-3-2-4-10)16-13(18-14)19-5-7-22-8-6-19/h10H,2-9H2,1H3,(H,15,20). The SMILES string of the molecule is COc1nc(CNC(=O)C2CCC2)nc(N2CCOCC2)n1. The molecule has 0 bridgehead atoms. The lowest BCUT2D eigenvalue weighted by atomic mass is 9.85. The first-order valence-electron chi connectivity index (χ1n) is 7.65. The summed E-state index contributed by atoms with van der Waals surface area (Å²) < 4.78 is 10.5. The molecule has 0 atom stereocenters. The molecule has 1 aromatic rings. The van der Waals surface area contributed by atoms with Gasteiger partial charge in [-0.2, -0.15) is 15.0 Å². The van der Waals surface area contributed by atoms with Crippen LogP contribution in [0.3, 0.4) is 0 Å². The van der Waals surface area contributed by atoms with Crippen molar-refractivity contribution in [3.63, 3.8) is 0 Å². The third-order valence-electron chi connectivity index (χ3n) is 4.02. The summed E-state index contributed by atoms with van der Waals surface area (Å²) in [4.78, 5) is 26.8. The number of nitrogens with one attached hydrogen (secondary N) is 1. The Bertz CT molecular complexity index is 529. The number of methoxy groups -OCH3 is 1. The number of anilines is 1. The van der Waals surface area contributed by atoms with Gasteiger partial charge in [0.05, 0.1) is 26.9 Å². The Morgan fingerprint density at radius 3 is 2.73 bits per heavy atom. The number of nitrogens with zero attached hydrogens (tertiary/aromatic N) is 4. The highest BCUT2D eigenvalue weighted by Gasteiger charge is 2.25. The van der Waals surface area contributed by atoms with E-state index in [-0.39, 0.29) is 17.8 Å². The van der Waals surface area contributed by atoms with E-state index < -0.39 is 0 Å². The Labute approximate surface area is 129 Å². The van der Waals surface area contributed by atoms with E-state index in [0.29, 0.717) is 31.5 Å². The highest BCUT2D eigenvalue weighted by molar-refractivity contribution is 5.79. The van der Waals surface area contributed by atoms with Crippen molar-refractivity contribution in [1.82, 2.24) is 20.3 Å². The number of hydrogen-bond donors (Lipinski definition) is 1. The molecule has 1 N–H and O–H groups in total. The van der Waals surface area contributed by atoms with Crippen molar-refractivity contribution >= 4 is 11.9 Å². The zero-order chi connectivity index (χ0) is 15.4. The lowest BCUT2D eigenvalue weighted by Gasteiger charge is -2.27. The van der Waals surface area contributed by atoms with Crippen molar-refractivity contribution in [3.8, 4) is 6.01 Å². The molecule has 0 spiro atoms. The van der Waals surface area contributed by atoms with Crippen LogP contribution in [0.25, 0.3) is 0 Å². The maximum atomic E-state index is 11.9. The van der Waals surface area contributed by atoms with Crippen LogP contribution in [0.1, 0.15) is 25.1 Å². The van der Waals surface area contributed by atoms with Crippen LogP contribution in [0.4, 0.5) is 5.95 Å². The molecule has 22 heavy (non-hydrogen) atoms. The molecule has 0 radical (unpaired) electrons. The Morgan fingerprint density at radius 2 is 2.09 bits per heavy atom. The molecular weight excluding hydrogens is 286 g/mol. The third kappa shape index (κ3) is 3.44. The van der Waals surface area contributed by atoms with Gasteiger partial charge >= 0.3 is 6.01 Å². The molecule has 1 saturated heterocycles. The summed E-state index contributed by atoms with van der Waals surface area (Å²) in [6.45, 7) is 3.08. The second kappa shape index (κ2) is 6.87. The van der Waals surface area contributed by atoms with E-state index in [4.69, 9.17) is 9.47 Å². The first kappa shape index (κ1) is 15.0. The molecule has 120 valence electrons. The van der Waals surface area contributed by atoms with Crippen LogP contribution in [0, 0.1) is 5.92 Å². The fourth-order valence-electron chi connectivity index (χ4n) is 2.44. The number of hydrogen-bond acceptors (Lipinski definition) is 7. The molecule has 0 unspecified atom stereocenters. The van der Waals surface area contributed by atoms with Gasteiger partial charge in [0.25, 0.3) is 0 Å². The lowest BCUT2D eigenvalue weighted by molar-refractivity contribution is -0.127. The lowest BCUT2D eigenvalue weighted by Crippen LogP contribution is -2.38. The summed E-state index contributed by atoms with van der Waals surface area (Å²) in [5, 5.41) is 2.89. The summed E-state index contributed by atoms with van der Waals surface area (Å²) in [5.41, 5.74) is 0. The fourth-order valence-corrected chi connectivity index (χ4v) is 2.44. The first-order chi connectivity index (χ1) is 10.8. The molecule has 3 rings (SSSR count). The molecule has 1 amide bonds. The number of amides is 1. The number of ether oxygens (including phenoxy) is 2. The third-order valence-corrected chi connectivity index (χ3v) is 4.02. The molecule has 1 aromatic heterocycles. The van der Waals surface area contributed by atoms with Crippen molar-refractivity contribution < 1.29 is 14.3 Å². The quantitative estimate of drug-likeness (QED) is 0.827. The molecule has 1 aliphatic carbocycles. The van der Waals surface area contributed by atoms with Gasteiger partial charge in [-0.15, -0.1) is 0 Å². The predicted molar refractivity (Wildman–Crippen MR) is 78.6 cm³/mol. The van der Waals surface area contributed by atoms with E-state index in [2.05, 4.69) is 20.3 Å². The van der Waals surface area contributed by atoms with Gasteiger partial charge in [0.2, 0.25) is 11.9 Å². The van der Waals surface area contributed by atoms with Crippen LogP contribution in [0.5, 0.6) is 6.01 Å². The number of aromatic nitrogens is 3. The van der Waals surface area contributed by atoms with Gasteiger partial charge in [-0.25, -0.2) is 0 Å². The predicted octanol–water partition coefficient (Wildman–Crippen LogP) is 0.133. The second-order valence-electron chi connectivity index (χ2n) is 5.48. The Balaban J connectivity index is 1.67. The summed E-state index contributed by atoms with van der Waals surface area (Å²) >= 11 is 0. The summed E-state index contributed by atoms with van der Waals surface area (Å²) in [5.74, 6) is 1.32. The molecule has 2 aliphatic rings. The molecule has 2 fully saturated rings. The molecule has 1 saturated carbocycles.